The second-order valence-corrected chi connectivity index (χ2v) is 6.40. The van der Waals surface area contributed by atoms with Gasteiger partial charge in [0.1, 0.15) is 0 Å². The van der Waals surface area contributed by atoms with Crippen molar-refractivity contribution in [2.75, 3.05) is 0 Å². The Morgan fingerprint density at radius 2 is 1.28 bits per heavy atom. The van der Waals surface area contributed by atoms with Crippen molar-refractivity contribution >= 4 is 23.5 Å². The van der Waals surface area contributed by atoms with Crippen molar-refractivity contribution < 1.29 is 0 Å². The van der Waals surface area contributed by atoms with Gasteiger partial charge in [0, 0.05) is 23.0 Å². The van der Waals surface area contributed by atoms with E-state index in [1.54, 1.807) is 0 Å². The monoisotopic (exact) mass is 273 g/mol. The highest BCUT2D eigenvalue weighted by Gasteiger charge is 2.03. The van der Waals surface area contributed by atoms with Crippen LogP contribution in [0.1, 0.15) is 22.5 Å². The van der Waals surface area contributed by atoms with Gasteiger partial charge in [-0.15, -0.1) is 0 Å². The zero-order chi connectivity index (χ0) is 12.2. The molecule has 92 valence electrons. The Hall–Kier alpha value is -0.930. The summed E-state index contributed by atoms with van der Waals surface area (Å²) < 4.78 is 0. The van der Waals surface area contributed by atoms with Crippen LogP contribution in [0.3, 0.4) is 0 Å². The van der Waals surface area contributed by atoms with E-state index in [4.69, 9.17) is 4.98 Å². The molecule has 0 fully saturated rings. The minimum absolute atomic E-state index is 1.00. The van der Waals surface area contributed by atoms with Crippen molar-refractivity contribution in [3.05, 3.63) is 65.0 Å². The Kier molecular flexibility index (Phi) is 3.91. The number of pyridine rings is 1. The molecule has 2 heterocycles. The van der Waals surface area contributed by atoms with Crippen LogP contribution in [-0.2, 0) is 23.0 Å². The molecule has 4 bridgehead atoms. The van der Waals surface area contributed by atoms with Gasteiger partial charge in [-0.1, -0.05) is 30.3 Å². The average Bonchev–Trinajstić information content (AvgIpc) is 2.39. The number of hydrogen-bond acceptors (Lipinski definition) is 3. The summed E-state index contributed by atoms with van der Waals surface area (Å²) in [7, 11) is 0. The zero-order valence-electron chi connectivity index (χ0n) is 10.1. The summed E-state index contributed by atoms with van der Waals surface area (Å²) in [6, 6.07) is 15.3. The van der Waals surface area contributed by atoms with E-state index in [-0.39, 0.29) is 0 Å². The van der Waals surface area contributed by atoms with Gasteiger partial charge in [-0.05, 0) is 23.3 Å². The lowest BCUT2D eigenvalue weighted by Gasteiger charge is -2.09. The summed E-state index contributed by atoms with van der Waals surface area (Å²) in [5, 5.41) is 0. The van der Waals surface area contributed by atoms with E-state index in [9.17, 15) is 0 Å². The molecule has 1 aliphatic heterocycles. The zero-order valence-corrected chi connectivity index (χ0v) is 11.8. The van der Waals surface area contributed by atoms with E-state index >= 15 is 0 Å². The summed E-state index contributed by atoms with van der Waals surface area (Å²) in [6.07, 6.45) is 0. The highest BCUT2D eigenvalue weighted by atomic mass is 32.2. The minimum Gasteiger partial charge on any atom is -0.256 e. The number of hydrogen-bond donors (Lipinski definition) is 0. The largest absolute Gasteiger partial charge is 0.256 e. The fourth-order valence-electron chi connectivity index (χ4n) is 2.05. The van der Waals surface area contributed by atoms with Crippen molar-refractivity contribution in [1.29, 1.82) is 0 Å². The van der Waals surface area contributed by atoms with Gasteiger partial charge in [0.05, 0.1) is 11.4 Å². The van der Waals surface area contributed by atoms with Crippen molar-refractivity contribution in [1.82, 2.24) is 4.98 Å². The first kappa shape index (κ1) is 12.1. The van der Waals surface area contributed by atoms with Crippen LogP contribution in [0.15, 0.2) is 42.5 Å². The Morgan fingerprint density at radius 1 is 0.722 bits per heavy atom. The molecule has 2 aromatic rings. The Balaban J connectivity index is 1.84. The third-order valence-corrected chi connectivity index (χ3v) is 4.97. The number of fused-ring (bicyclic) bond motifs is 4. The Labute approximate surface area is 116 Å². The van der Waals surface area contributed by atoms with E-state index in [0.717, 1.165) is 23.0 Å². The molecule has 18 heavy (non-hydrogen) atoms. The van der Waals surface area contributed by atoms with E-state index in [1.807, 2.05) is 23.5 Å². The van der Waals surface area contributed by atoms with Crippen LogP contribution in [0.4, 0.5) is 0 Å². The lowest BCUT2D eigenvalue weighted by molar-refractivity contribution is 1.09. The van der Waals surface area contributed by atoms with Gasteiger partial charge in [0.15, 0.2) is 0 Å². The van der Waals surface area contributed by atoms with Gasteiger partial charge in [0.25, 0.3) is 0 Å². The van der Waals surface area contributed by atoms with E-state index < -0.39 is 0 Å². The van der Waals surface area contributed by atoms with Crippen LogP contribution in [0.25, 0.3) is 0 Å². The molecule has 3 heteroatoms. The predicted octanol–water partition coefficient (Wildman–Crippen LogP) is 4.26. The second kappa shape index (κ2) is 5.81. The summed E-state index contributed by atoms with van der Waals surface area (Å²) in [6.45, 7) is 0. The fraction of sp³-hybridized carbons (Fsp3) is 0.267. The summed E-state index contributed by atoms with van der Waals surface area (Å²) >= 11 is 3.88. The van der Waals surface area contributed by atoms with Crippen molar-refractivity contribution in [2.45, 2.75) is 23.0 Å². The molecule has 0 atom stereocenters. The number of thioether (sulfide) groups is 2. The normalized spacial score (nSPS) is 15.6. The summed E-state index contributed by atoms with van der Waals surface area (Å²) in [4.78, 5) is 4.70. The number of aromatic nitrogens is 1. The molecule has 3 rings (SSSR count). The second-order valence-electron chi connectivity index (χ2n) is 4.43. The summed E-state index contributed by atoms with van der Waals surface area (Å²) in [5.74, 6) is 4.15. The number of rotatable bonds is 0. The number of nitrogens with zero attached hydrogens (tertiary/aromatic N) is 1. The maximum absolute atomic E-state index is 4.70. The smallest absolute Gasteiger partial charge is 0.0506 e. The maximum Gasteiger partial charge on any atom is 0.0506 e. The van der Waals surface area contributed by atoms with Gasteiger partial charge in [-0.2, -0.15) is 23.5 Å². The summed E-state index contributed by atoms with van der Waals surface area (Å²) in [5.41, 5.74) is 5.26. The highest BCUT2D eigenvalue weighted by Crippen LogP contribution is 2.23. The van der Waals surface area contributed by atoms with Crippen LogP contribution >= 0.6 is 23.5 Å². The van der Waals surface area contributed by atoms with Gasteiger partial charge >= 0.3 is 0 Å². The van der Waals surface area contributed by atoms with Gasteiger partial charge in [0.2, 0.25) is 0 Å². The number of benzene rings is 1. The molecular formula is C15H15NS2. The molecule has 0 spiro atoms. The third kappa shape index (κ3) is 3.09. The highest BCUT2D eigenvalue weighted by molar-refractivity contribution is 7.98. The average molecular weight is 273 g/mol. The molecule has 0 radical (unpaired) electrons. The van der Waals surface area contributed by atoms with Crippen LogP contribution in [0, 0.1) is 0 Å². The van der Waals surface area contributed by atoms with Crippen molar-refractivity contribution in [2.24, 2.45) is 0 Å². The van der Waals surface area contributed by atoms with E-state index in [0.29, 0.717) is 0 Å². The lowest BCUT2D eigenvalue weighted by Crippen LogP contribution is -1.95. The molecule has 0 saturated heterocycles. The molecule has 1 aliphatic rings. The molecule has 1 aromatic carbocycles. The van der Waals surface area contributed by atoms with Gasteiger partial charge < -0.3 is 0 Å². The fourth-order valence-corrected chi connectivity index (χ4v) is 3.82. The first-order chi connectivity index (χ1) is 8.90. The first-order valence-electron chi connectivity index (χ1n) is 6.08. The minimum atomic E-state index is 1.00. The lowest BCUT2D eigenvalue weighted by atomic mass is 10.2. The van der Waals surface area contributed by atoms with Crippen LogP contribution < -0.4 is 0 Å². The molecule has 0 saturated carbocycles. The van der Waals surface area contributed by atoms with Crippen LogP contribution in [0.5, 0.6) is 0 Å². The molecule has 0 amide bonds. The first-order valence-corrected chi connectivity index (χ1v) is 8.39. The predicted molar refractivity (Wildman–Crippen MR) is 80.7 cm³/mol. The molecule has 0 N–H and O–H groups in total. The SMILES string of the molecule is c1cc2cc(c1)CSCc1cccc(n1)CSC2. The maximum atomic E-state index is 4.70. The van der Waals surface area contributed by atoms with E-state index in [2.05, 4.69) is 42.5 Å². The van der Waals surface area contributed by atoms with Gasteiger partial charge in [-0.3, -0.25) is 4.98 Å². The standard InChI is InChI=1S/C15H15NS2/c1-3-12-7-13(4-1)9-18-11-15-6-2-5-14(16-15)10-17-8-12/h1-7H,8-11H2. The van der Waals surface area contributed by atoms with Crippen molar-refractivity contribution in [3.8, 4) is 0 Å². The topological polar surface area (TPSA) is 12.9 Å². The van der Waals surface area contributed by atoms with Gasteiger partial charge in [-0.25, -0.2) is 0 Å². The van der Waals surface area contributed by atoms with Crippen LogP contribution in [-0.4, -0.2) is 4.98 Å². The molecule has 1 nitrogen and oxygen atoms in total. The van der Waals surface area contributed by atoms with Crippen LogP contribution in [0.2, 0.25) is 0 Å². The molecular weight excluding hydrogens is 258 g/mol. The Morgan fingerprint density at radius 3 is 1.89 bits per heavy atom. The quantitative estimate of drug-likeness (QED) is 0.712. The molecule has 0 unspecified atom stereocenters. The molecule has 1 aromatic heterocycles. The third-order valence-electron chi connectivity index (χ3n) is 2.89. The Bertz CT molecular complexity index is 452. The van der Waals surface area contributed by atoms with Crippen molar-refractivity contribution in [3.63, 3.8) is 0 Å². The molecule has 0 aliphatic carbocycles. The van der Waals surface area contributed by atoms with E-state index in [1.165, 1.54) is 22.5 Å².